The summed E-state index contributed by atoms with van der Waals surface area (Å²) in [5, 5.41) is 2.96. The standard InChI is InChI=1S/C28H25N3O3S/c32-25(31-22-14-6-7-15-24(22)35-18-23(31)20-10-2-1-3-11-20)17-30-26(33)28(29-27(30)34)16-8-12-19-9-4-5-13-21(19)28/h1-7,9-11,13-15,23H,8,12,16-18H2,(H,29,34)/t23-,28-/m1/s1. The molecule has 3 aromatic rings. The van der Waals surface area contributed by atoms with Gasteiger partial charge in [0.25, 0.3) is 5.91 Å². The molecule has 176 valence electrons. The summed E-state index contributed by atoms with van der Waals surface area (Å²) in [6.07, 6.45) is 2.22. The number of hydrogen-bond acceptors (Lipinski definition) is 4. The predicted octanol–water partition coefficient (Wildman–Crippen LogP) is 4.65. The van der Waals surface area contributed by atoms with Crippen molar-refractivity contribution in [2.45, 2.75) is 35.7 Å². The van der Waals surface area contributed by atoms with Crippen LogP contribution in [0.2, 0.25) is 0 Å². The van der Waals surface area contributed by atoms with E-state index in [-0.39, 0.29) is 24.4 Å². The molecule has 1 N–H and O–H groups in total. The molecule has 2 heterocycles. The van der Waals surface area contributed by atoms with Crippen LogP contribution in [0.3, 0.4) is 0 Å². The molecule has 35 heavy (non-hydrogen) atoms. The highest BCUT2D eigenvalue weighted by molar-refractivity contribution is 7.99. The Balaban J connectivity index is 1.33. The second kappa shape index (κ2) is 8.57. The van der Waals surface area contributed by atoms with E-state index in [9.17, 15) is 14.4 Å². The minimum Gasteiger partial charge on any atom is -0.319 e. The van der Waals surface area contributed by atoms with Crippen molar-refractivity contribution in [3.63, 3.8) is 0 Å². The van der Waals surface area contributed by atoms with Crippen molar-refractivity contribution in [3.05, 3.63) is 95.6 Å². The van der Waals surface area contributed by atoms with Gasteiger partial charge in [-0.3, -0.25) is 14.5 Å². The number of fused-ring (bicyclic) bond motifs is 3. The molecule has 0 saturated carbocycles. The van der Waals surface area contributed by atoms with E-state index in [1.165, 1.54) is 0 Å². The number of carbonyl (C=O) groups is 3. The molecule has 1 aliphatic carbocycles. The first-order chi connectivity index (χ1) is 17.1. The molecule has 2 atom stereocenters. The fourth-order valence-electron chi connectivity index (χ4n) is 5.58. The second-order valence-corrected chi connectivity index (χ2v) is 10.3. The number of aryl methyl sites for hydroxylation is 1. The van der Waals surface area contributed by atoms with E-state index >= 15 is 0 Å². The van der Waals surface area contributed by atoms with E-state index in [1.807, 2.05) is 78.9 Å². The SMILES string of the molecule is O=C1N[C@@]2(CCCc3ccccc32)C(=O)N1CC(=O)N1c2ccccc2SC[C@@H]1c1ccccc1. The smallest absolute Gasteiger partial charge is 0.319 e. The van der Waals surface area contributed by atoms with Gasteiger partial charge in [-0.2, -0.15) is 0 Å². The maximum absolute atomic E-state index is 13.9. The highest BCUT2D eigenvalue weighted by Gasteiger charge is 2.54. The van der Waals surface area contributed by atoms with Crippen LogP contribution in [0.4, 0.5) is 10.5 Å². The van der Waals surface area contributed by atoms with Crippen LogP contribution in [0.25, 0.3) is 0 Å². The molecular weight excluding hydrogens is 458 g/mol. The van der Waals surface area contributed by atoms with Gasteiger partial charge in [0.1, 0.15) is 12.1 Å². The zero-order chi connectivity index (χ0) is 24.0. The van der Waals surface area contributed by atoms with E-state index < -0.39 is 11.6 Å². The molecule has 0 unspecified atom stereocenters. The zero-order valence-electron chi connectivity index (χ0n) is 19.1. The van der Waals surface area contributed by atoms with Gasteiger partial charge in [0.05, 0.1) is 11.7 Å². The Labute approximate surface area is 208 Å². The summed E-state index contributed by atoms with van der Waals surface area (Å²) in [5.74, 6) is 0.0969. The molecule has 1 saturated heterocycles. The lowest BCUT2D eigenvalue weighted by molar-refractivity contribution is -0.135. The number of urea groups is 1. The molecule has 3 aliphatic rings. The van der Waals surface area contributed by atoms with Crippen LogP contribution < -0.4 is 10.2 Å². The number of hydrogen-bond donors (Lipinski definition) is 1. The Morgan fingerprint density at radius 3 is 2.57 bits per heavy atom. The molecule has 0 bridgehead atoms. The van der Waals surface area contributed by atoms with Crippen LogP contribution in [0.1, 0.15) is 35.6 Å². The Morgan fingerprint density at radius 2 is 1.71 bits per heavy atom. The average molecular weight is 484 g/mol. The number of imide groups is 1. The minimum absolute atomic E-state index is 0.186. The highest BCUT2D eigenvalue weighted by Crippen LogP contribution is 2.44. The van der Waals surface area contributed by atoms with E-state index in [4.69, 9.17) is 0 Å². The molecular formula is C28H25N3O3S. The lowest BCUT2D eigenvalue weighted by Crippen LogP contribution is -2.48. The number of carbonyl (C=O) groups excluding carboxylic acids is 3. The largest absolute Gasteiger partial charge is 0.325 e. The molecule has 3 aromatic carbocycles. The normalized spacial score (nSPS) is 23.1. The van der Waals surface area contributed by atoms with Crippen molar-refractivity contribution in [2.75, 3.05) is 17.2 Å². The second-order valence-electron chi connectivity index (χ2n) is 9.21. The summed E-state index contributed by atoms with van der Waals surface area (Å²) < 4.78 is 0. The molecule has 1 fully saturated rings. The minimum atomic E-state index is -1.08. The van der Waals surface area contributed by atoms with Crippen LogP contribution in [0.15, 0.2) is 83.8 Å². The number of nitrogens with zero attached hydrogens (tertiary/aromatic N) is 2. The van der Waals surface area contributed by atoms with Crippen LogP contribution in [-0.2, 0) is 21.5 Å². The first kappa shape index (κ1) is 21.9. The number of benzene rings is 3. The summed E-state index contributed by atoms with van der Waals surface area (Å²) in [5.41, 5.74) is 2.68. The van der Waals surface area contributed by atoms with Gasteiger partial charge in [0, 0.05) is 10.6 Å². The molecule has 7 heteroatoms. The third kappa shape index (κ3) is 3.53. The van der Waals surface area contributed by atoms with Crippen LogP contribution in [0.5, 0.6) is 0 Å². The summed E-state index contributed by atoms with van der Waals surface area (Å²) in [6, 6.07) is 24.8. The predicted molar refractivity (Wildman–Crippen MR) is 135 cm³/mol. The third-order valence-corrected chi connectivity index (χ3v) is 8.37. The monoisotopic (exact) mass is 483 g/mol. The maximum Gasteiger partial charge on any atom is 0.325 e. The van der Waals surface area contributed by atoms with Gasteiger partial charge in [-0.1, -0.05) is 66.7 Å². The molecule has 0 aromatic heterocycles. The van der Waals surface area contributed by atoms with Gasteiger partial charge in [-0.15, -0.1) is 11.8 Å². The van der Waals surface area contributed by atoms with Gasteiger partial charge >= 0.3 is 6.03 Å². The summed E-state index contributed by atoms with van der Waals surface area (Å²) in [4.78, 5) is 44.6. The Bertz CT molecular complexity index is 1330. The Kier molecular flexibility index (Phi) is 5.37. The van der Waals surface area contributed by atoms with Crippen LogP contribution in [0, 0.1) is 0 Å². The lowest BCUT2D eigenvalue weighted by atomic mass is 9.76. The number of anilines is 1. The van der Waals surface area contributed by atoms with Gasteiger partial charge in [-0.05, 0) is 48.1 Å². The highest BCUT2D eigenvalue weighted by atomic mass is 32.2. The van der Waals surface area contributed by atoms with Crippen molar-refractivity contribution < 1.29 is 14.4 Å². The molecule has 6 nitrogen and oxygen atoms in total. The van der Waals surface area contributed by atoms with Crippen molar-refractivity contribution in [1.29, 1.82) is 0 Å². The topological polar surface area (TPSA) is 69.7 Å². The van der Waals surface area contributed by atoms with Crippen LogP contribution in [-0.4, -0.2) is 35.0 Å². The third-order valence-electron chi connectivity index (χ3n) is 7.23. The van der Waals surface area contributed by atoms with Crippen LogP contribution >= 0.6 is 11.8 Å². The van der Waals surface area contributed by atoms with E-state index in [0.717, 1.165) is 45.0 Å². The van der Waals surface area contributed by atoms with Gasteiger partial charge in [-0.25, -0.2) is 4.79 Å². The van der Waals surface area contributed by atoms with Gasteiger partial charge < -0.3 is 10.2 Å². The first-order valence-corrected chi connectivity index (χ1v) is 12.9. The van der Waals surface area contributed by atoms with Crippen molar-refractivity contribution in [2.24, 2.45) is 0 Å². The van der Waals surface area contributed by atoms with Crippen molar-refractivity contribution in [1.82, 2.24) is 10.2 Å². The molecule has 2 aliphatic heterocycles. The van der Waals surface area contributed by atoms with Crippen molar-refractivity contribution >= 4 is 35.3 Å². The van der Waals surface area contributed by atoms with E-state index in [2.05, 4.69) is 5.32 Å². The quantitative estimate of drug-likeness (QED) is 0.551. The maximum atomic E-state index is 13.9. The fourth-order valence-corrected chi connectivity index (χ4v) is 6.75. The summed E-state index contributed by atoms with van der Waals surface area (Å²) in [6.45, 7) is -0.295. The van der Waals surface area contributed by atoms with Gasteiger partial charge in [0.2, 0.25) is 5.91 Å². The first-order valence-electron chi connectivity index (χ1n) is 11.9. The number of para-hydroxylation sites is 1. The van der Waals surface area contributed by atoms with Gasteiger partial charge in [0.15, 0.2) is 0 Å². The zero-order valence-corrected chi connectivity index (χ0v) is 20.0. The summed E-state index contributed by atoms with van der Waals surface area (Å²) in [7, 11) is 0. The number of thioether (sulfide) groups is 1. The Hall–Kier alpha value is -3.58. The molecule has 6 rings (SSSR count). The van der Waals surface area contributed by atoms with E-state index in [0.29, 0.717) is 12.2 Å². The lowest BCUT2D eigenvalue weighted by Gasteiger charge is -2.38. The van der Waals surface area contributed by atoms with Crippen molar-refractivity contribution in [3.8, 4) is 0 Å². The van der Waals surface area contributed by atoms with E-state index in [1.54, 1.807) is 16.7 Å². The Morgan fingerprint density at radius 1 is 0.971 bits per heavy atom. The molecule has 1 spiro atoms. The molecule has 4 amide bonds. The number of nitrogens with one attached hydrogen (secondary N) is 1. The summed E-state index contributed by atoms with van der Waals surface area (Å²) >= 11 is 1.71. The number of rotatable bonds is 3. The molecule has 0 radical (unpaired) electrons. The average Bonchev–Trinajstić information content (AvgIpc) is 3.13. The number of amides is 4. The fraction of sp³-hybridized carbons (Fsp3) is 0.250.